The number of hydrogen-bond acceptors (Lipinski definition) is 2. The average molecular weight is 280 g/mol. The Morgan fingerprint density at radius 2 is 1.62 bits per heavy atom. The zero-order chi connectivity index (χ0) is 15.3. The quantitative estimate of drug-likeness (QED) is 0.823. The molecule has 0 saturated carbocycles. The van der Waals surface area contributed by atoms with Gasteiger partial charge in [-0.3, -0.25) is 4.98 Å². The maximum atomic E-state index is 6.09. The number of benzene rings is 1. The van der Waals surface area contributed by atoms with Gasteiger partial charge < -0.3 is 5.73 Å². The molecule has 1 aromatic heterocycles. The number of aromatic nitrogens is 1. The fourth-order valence-electron chi connectivity index (χ4n) is 3.39. The van der Waals surface area contributed by atoms with Crippen molar-refractivity contribution in [3.05, 3.63) is 47.7 Å². The smallest absolute Gasteiger partial charge is 0.0931 e. The number of nitrogen functional groups attached to an aromatic ring is 1. The summed E-state index contributed by atoms with van der Waals surface area (Å²) in [6.45, 7) is 9.37. The van der Waals surface area contributed by atoms with Crippen molar-refractivity contribution in [3.8, 4) is 11.3 Å². The van der Waals surface area contributed by atoms with Gasteiger partial charge in [-0.05, 0) is 53.0 Å². The second-order valence-electron chi connectivity index (χ2n) is 7.47. The van der Waals surface area contributed by atoms with Gasteiger partial charge in [-0.1, -0.05) is 39.8 Å². The second kappa shape index (κ2) is 4.59. The molecular formula is C19H24N2. The summed E-state index contributed by atoms with van der Waals surface area (Å²) in [4.78, 5) is 4.46. The van der Waals surface area contributed by atoms with Crippen LogP contribution in [0.5, 0.6) is 0 Å². The summed E-state index contributed by atoms with van der Waals surface area (Å²) in [6.07, 6.45) is 4.26. The predicted molar refractivity (Wildman–Crippen MR) is 89.4 cm³/mol. The number of nitrogens with zero attached hydrogens (tertiary/aromatic N) is 1. The molecule has 110 valence electrons. The first-order valence-corrected chi connectivity index (χ1v) is 7.67. The molecule has 0 saturated heterocycles. The van der Waals surface area contributed by atoms with Gasteiger partial charge in [0.05, 0.1) is 11.4 Å². The van der Waals surface area contributed by atoms with E-state index >= 15 is 0 Å². The van der Waals surface area contributed by atoms with E-state index in [-0.39, 0.29) is 10.8 Å². The van der Waals surface area contributed by atoms with Crippen molar-refractivity contribution in [2.45, 2.75) is 51.4 Å². The van der Waals surface area contributed by atoms with Crippen molar-refractivity contribution in [1.29, 1.82) is 0 Å². The Labute approximate surface area is 127 Å². The number of anilines is 1. The molecule has 1 heterocycles. The molecule has 2 nitrogen and oxygen atoms in total. The second-order valence-corrected chi connectivity index (χ2v) is 7.47. The standard InChI is InChI=1S/C19H24N2/c1-18(2)9-10-19(3,4)15-12-13(7-8-14(15)18)17-16(20)6-5-11-21-17/h5-8,11-12H,9-10,20H2,1-4H3. The Morgan fingerprint density at radius 1 is 0.952 bits per heavy atom. The van der Waals surface area contributed by atoms with E-state index in [0.717, 1.165) is 16.9 Å². The van der Waals surface area contributed by atoms with Crippen LogP contribution >= 0.6 is 0 Å². The maximum absolute atomic E-state index is 6.09. The molecular weight excluding hydrogens is 256 g/mol. The number of nitrogens with two attached hydrogens (primary N) is 1. The van der Waals surface area contributed by atoms with Crippen molar-refractivity contribution >= 4 is 5.69 Å². The van der Waals surface area contributed by atoms with Crippen molar-refractivity contribution in [2.24, 2.45) is 0 Å². The molecule has 0 fully saturated rings. The summed E-state index contributed by atoms with van der Waals surface area (Å²) in [5.41, 5.74) is 12.2. The van der Waals surface area contributed by atoms with E-state index in [1.807, 2.05) is 12.1 Å². The molecule has 1 aliphatic rings. The molecule has 0 aliphatic heterocycles. The molecule has 0 bridgehead atoms. The molecule has 1 aliphatic carbocycles. The Morgan fingerprint density at radius 3 is 2.29 bits per heavy atom. The van der Waals surface area contributed by atoms with Crippen LogP contribution in [0.25, 0.3) is 11.3 Å². The van der Waals surface area contributed by atoms with E-state index in [1.165, 1.54) is 24.0 Å². The first-order chi connectivity index (χ1) is 9.81. The van der Waals surface area contributed by atoms with Gasteiger partial charge >= 0.3 is 0 Å². The Kier molecular flexibility index (Phi) is 3.09. The molecule has 1 aromatic carbocycles. The van der Waals surface area contributed by atoms with Gasteiger partial charge in [0.15, 0.2) is 0 Å². The molecule has 0 unspecified atom stereocenters. The van der Waals surface area contributed by atoms with E-state index < -0.39 is 0 Å². The molecule has 0 atom stereocenters. The Bertz CT molecular complexity index is 684. The molecule has 0 radical (unpaired) electrons. The third-order valence-electron chi connectivity index (χ3n) is 4.97. The van der Waals surface area contributed by atoms with Crippen molar-refractivity contribution < 1.29 is 0 Å². The van der Waals surface area contributed by atoms with Gasteiger partial charge in [-0.2, -0.15) is 0 Å². The van der Waals surface area contributed by atoms with Crippen LogP contribution in [0.3, 0.4) is 0 Å². The van der Waals surface area contributed by atoms with Gasteiger partial charge in [0.2, 0.25) is 0 Å². The van der Waals surface area contributed by atoms with E-state index in [4.69, 9.17) is 5.73 Å². The van der Waals surface area contributed by atoms with Crippen LogP contribution in [-0.2, 0) is 10.8 Å². The van der Waals surface area contributed by atoms with Crippen LogP contribution < -0.4 is 5.73 Å². The van der Waals surface area contributed by atoms with Gasteiger partial charge in [-0.15, -0.1) is 0 Å². The third-order valence-corrected chi connectivity index (χ3v) is 4.97. The van der Waals surface area contributed by atoms with E-state index in [0.29, 0.717) is 0 Å². The first kappa shape index (κ1) is 14.1. The highest BCUT2D eigenvalue weighted by molar-refractivity contribution is 5.73. The third kappa shape index (κ3) is 2.33. The summed E-state index contributed by atoms with van der Waals surface area (Å²) >= 11 is 0. The van der Waals surface area contributed by atoms with E-state index in [1.54, 1.807) is 6.20 Å². The average Bonchev–Trinajstić information content (AvgIpc) is 2.44. The lowest BCUT2D eigenvalue weighted by atomic mass is 9.63. The summed E-state index contributed by atoms with van der Waals surface area (Å²) in [7, 11) is 0. The first-order valence-electron chi connectivity index (χ1n) is 7.67. The summed E-state index contributed by atoms with van der Waals surface area (Å²) < 4.78 is 0. The fraction of sp³-hybridized carbons (Fsp3) is 0.421. The highest BCUT2D eigenvalue weighted by Gasteiger charge is 2.37. The molecule has 2 aromatic rings. The van der Waals surface area contributed by atoms with Crippen LogP contribution in [0.4, 0.5) is 5.69 Å². The van der Waals surface area contributed by atoms with Crippen LogP contribution in [0, 0.1) is 0 Å². The molecule has 3 rings (SSSR count). The SMILES string of the molecule is CC1(C)CCC(C)(C)c2cc(-c3ncccc3N)ccc21. The minimum atomic E-state index is 0.213. The minimum absolute atomic E-state index is 0.213. The molecule has 2 heteroatoms. The zero-order valence-electron chi connectivity index (χ0n) is 13.4. The predicted octanol–water partition coefficient (Wildman–Crippen LogP) is 4.68. The van der Waals surface area contributed by atoms with E-state index in [9.17, 15) is 0 Å². The normalized spacial score (nSPS) is 19.0. The topological polar surface area (TPSA) is 38.9 Å². The van der Waals surface area contributed by atoms with Crippen molar-refractivity contribution in [3.63, 3.8) is 0 Å². The van der Waals surface area contributed by atoms with Crippen LogP contribution in [0.2, 0.25) is 0 Å². The highest BCUT2D eigenvalue weighted by atomic mass is 14.7. The lowest BCUT2D eigenvalue weighted by Crippen LogP contribution is -2.33. The zero-order valence-corrected chi connectivity index (χ0v) is 13.4. The van der Waals surface area contributed by atoms with Gasteiger partial charge in [0, 0.05) is 11.8 Å². The number of hydrogen-bond donors (Lipinski definition) is 1. The summed E-state index contributed by atoms with van der Waals surface area (Å²) in [6, 6.07) is 10.5. The number of pyridine rings is 1. The molecule has 21 heavy (non-hydrogen) atoms. The van der Waals surface area contributed by atoms with E-state index in [2.05, 4.69) is 50.9 Å². The summed E-state index contributed by atoms with van der Waals surface area (Å²) in [5.74, 6) is 0. The van der Waals surface area contributed by atoms with Crippen LogP contribution in [0.1, 0.15) is 51.7 Å². The van der Waals surface area contributed by atoms with Crippen LogP contribution in [0.15, 0.2) is 36.5 Å². The number of fused-ring (bicyclic) bond motifs is 1. The van der Waals surface area contributed by atoms with Crippen molar-refractivity contribution in [2.75, 3.05) is 5.73 Å². The number of rotatable bonds is 1. The maximum Gasteiger partial charge on any atom is 0.0931 e. The Balaban J connectivity index is 2.19. The Hall–Kier alpha value is -1.83. The minimum Gasteiger partial charge on any atom is -0.397 e. The lowest BCUT2D eigenvalue weighted by Gasteiger charge is -2.42. The monoisotopic (exact) mass is 280 g/mol. The lowest BCUT2D eigenvalue weighted by molar-refractivity contribution is 0.332. The van der Waals surface area contributed by atoms with Gasteiger partial charge in [-0.25, -0.2) is 0 Å². The molecule has 2 N–H and O–H groups in total. The van der Waals surface area contributed by atoms with Gasteiger partial charge in [0.25, 0.3) is 0 Å². The fourth-order valence-corrected chi connectivity index (χ4v) is 3.39. The highest BCUT2D eigenvalue weighted by Crippen LogP contribution is 2.46. The van der Waals surface area contributed by atoms with Crippen LogP contribution in [-0.4, -0.2) is 4.98 Å². The van der Waals surface area contributed by atoms with Crippen molar-refractivity contribution in [1.82, 2.24) is 4.98 Å². The summed E-state index contributed by atoms with van der Waals surface area (Å²) in [5, 5.41) is 0. The largest absolute Gasteiger partial charge is 0.397 e. The van der Waals surface area contributed by atoms with Gasteiger partial charge in [0.1, 0.15) is 0 Å². The molecule has 0 spiro atoms. The molecule has 0 amide bonds.